The van der Waals surface area contributed by atoms with Crippen LogP contribution in [0.2, 0.25) is 0 Å². The maximum Gasteiger partial charge on any atom is 0.258 e. The van der Waals surface area contributed by atoms with Crippen LogP contribution in [-0.2, 0) is 22.6 Å². The standard InChI is InChI=1S/C26H29FN4O3/c1-17(2)31(16-23-28-22-8-4-3-7-21(22)25(33)29-23)26(34)19-6-5-13-30(15-19)24(32)14-18-9-11-20(27)12-10-18/h3-4,7-12,17,19H,5-6,13-16H2,1-2H3,(H,28,29,33). The summed E-state index contributed by atoms with van der Waals surface area (Å²) in [6, 6.07) is 12.9. The summed E-state index contributed by atoms with van der Waals surface area (Å²) in [5.74, 6) is -0.340. The second-order valence-corrected chi connectivity index (χ2v) is 9.07. The summed E-state index contributed by atoms with van der Waals surface area (Å²) in [6.45, 7) is 5.00. The van der Waals surface area contributed by atoms with Crippen LogP contribution in [0.4, 0.5) is 4.39 Å². The molecule has 7 nitrogen and oxygen atoms in total. The molecule has 2 heterocycles. The molecule has 0 spiro atoms. The number of likely N-dealkylation sites (tertiary alicyclic amines) is 1. The average molecular weight is 465 g/mol. The predicted molar refractivity (Wildman–Crippen MR) is 127 cm³/mol. The molecular formula is C26H29FN4O3. The number of fused-ring (bicyclic) bond motifs is 1. The number of H-pyrrole nitrogens is 1. The van der Waals surface area contributed by atoms with Crippen molar-refractivity contribution in [2.45, 2.75) is 45.7 Å². The van der Waals surface area contributed by atoms with Crippen LogP contribution in [0, 0.1) is 11.7 Å². The van der Waals surface area contributed by atoms with E-state index in [2.05, 4.69) is 9.97 Å². The number of carbonyl (C=O) groups excluding carboxylic acids is 2. The lowest BCUT2D eigenvalue weighted by Crippen LogP contribution is -2.48. The Balaban J connectivity index is 1.46. The Hall–Kier alpha value is -3.55. The number of hydrogen-bond acceptors (Lipinski definition) is 4. The summed E-state index contributed by atoms with van der Waals surface area (Å²) in [4.78, 5) is 49.5. The predicted octanol–water partition coefficient (Wildman–Crippen LogP) is 3.28. The second kappa shape index (κ2) is 10.2. The van der Waals surface area contributed by atoms with Gasteiger partial charge in [-0.25, -0.2) is 9.37 Å². The topological polar surface area (TPSA) is 86.4 Å². The molecule has 1 aromatic heterocycles. The van der Waals surface area contributed by atoms with Crippen molar-refractivity contribution in [3.05, 3.63) is 76.1 Å². The number of nitrogens with zero attached hydrogens (tertiary/aromatic N) is 3. The van der Waals surface area contributed by atoms with Gasteiger partial charge in [-0.1, -0.05) is 24.3 Å². The molecule has 0 saturated carbocycles. The maximum atomic E-state index is 13.5. The van der Waals surface area contributed by atoms with Crippen molar-refractivity contribution >= 4 is 22.7 Å². The molecule has 0 bridgehead atoms. The van der Waals surface area contributed by atoms with Gasteiger partial charge in [0.05, 0.1) is 29.8 Å². The molecule has 1 aliphatic rings. The Morgan fingerprint density at radius 1 is 1.18 bits per heavy atom. The molecule has 1 N–H and O–H groups in total. The van der Waals surface area contributed by atoms with E-state index in [-0.39, 0.29) is 48.1 Å². The Labute approximate surface area is 197 Å². The van der Waals surface area contributed by atoms with Gasteiger partial charge in [-0.3, -0.25) is 14.4 Å². The Bertz CT molecular complexity index is 1240. The van der Waals surface area contributed by atoms with Gasteiger partial charge in [0, 0.05) is 19.1 Å². The van der Waals surface area contributed by atoms with E-state index in [0.717, 1.165) is 12.0 Å². The first-order valence-electron chi connectivity index (χ1n) is 11.6. The first-order chi connectivity index (χ1) is 16.3. The Kier molecular flexibility index (Phi) is 7.05. The van der Waals surface area contributed by atoms with Gasteiger partial charge < -0.3 is 14.8 Å². The molecule has 1 unspecified atom stereocenters. The van der Waals surface area contributed by atoms with Gasteiger partial charge in [0.15, 0.2) is 0 Å². The number of hydrogen-bond donors (Lipinski definition) is 1. The first kappa shape index (κ1) is 23.6. The molecule has 1 fully saturated rings. The largest absolute Gasteiger partial charge is 0.342 e. The van der Waals surface area contributed by atoms with Crippen molar-refractivity contribution in [1.82, 2.24) is 19.8 Å². The number of piperidine rings is 1. The fourth-order valence-corrected chi connectivity index (χ4v) is 4.41. The van der Waals surface area contributed by atoms with Gasteiger partial charge in [0.2, 0.25) is 11.8 Å². The monoisotopic (exact) mass is 464 g/mol. The highest BCUT2D eigenvalue weighted by Gasteiger charge is 2.32. The molecule has 1 aliphatic heterocycles. The van der Waals surface area contributed by atoms with E-state index < -0.39 is 0 Å². The van der Waals surface area contributed by atoms with Crippen LogP contribution in [0.5, 0.6) is 0 Å². The zero-order chi connectivity index (χ0) is 24.2. The number of amides is 2. The van der Waals surface area contributed by atoms with Crippen molar-refractivity contribution in [3.63, 3.8) is 0 Å². The van der Waals surface area contributed by atoms with Crippen LogP contribution >= 0.6 is 0 Å². The average Bonchev–Trinajstić information content (AvgIpc) is 2.83. The van der Waals surface area contributed by atoms with Crippen molar-refractivity contribution < 1.29 is 14.0 Å². The van der Waals surface area contributed by atoms with E-state index in [1.165, 1.54) is 12.1 Å². The number of halogens is 1. The number of para-hydroxylation sites is 1. The van der Waals surface area contributed by atoms with Gasteiger partial charge in [-0.05, 0) is 56.5 Å². The summed E-state index contributed by atoms with van der Waals surface area (Å²) in [7, 11) is 0. The van der Waals surface area contributed by atoms with E-state index >= 15 is 0 Å². The third-order valence-corrected chi connectivity index (χ3v) is 6.28. The Morgan fingerprint density at radius 2 is 1.91 bits per heavy atom. The van der Waals surface area contributed by atoms with E-state index in [1.54, 1.807) is 40.1 Å². The highest BCUT2D eigenvalue weighted by Crippen LogP contribution is 2.22. The zero-order valence-electron chi connectivity index (χ0n) is 19.5. The quantitative estimate of drug-likeness (QED) is 0.607. The fourth-order valence-electron chi connectivity index (χ4n) is 4.41. The number of carbonyl (C=O) groups is 2. The molecule has 178 valence electrons. The molecule has 8 heteroatoms. The summed E-state index contributed by atoms with van der Waals surface area (Å²) >= 11 is 0. The molecule has 2 amide bonds. The number of nitrogens with one attached hydrogen (secondary N) is 1. The maximum absolute atomic E-state index is 13.5. The van der Waals surface area contributed by atoms with Crippen LogP contribution < -0.4 is 5.56 Å². The van der Waals surface area contributed by atoms with Gasteiger partial charge in [-0.2, -0.15) is 0 Å². The van der Waals surface area contributed by atoms with Crippen molar-refractivity contribution in [1.29, 1.82) is 0 Å². The fraction of sp³-hybridized carbons (Fsp3) is 0.385. The third-order valence-electron chi connectivity index (χ3n) is 6.28. The van der Waals surface area contributed by atoms with E-state index in [1.807, 2.05) is 19.9 Å². The SMILES string of the molecule is CC(C)N(Cc1nc2ccccc2c(=O)[nH]1)C(=O)C1CCCN(C(=O)Cc2ccc(F)cc2)C1. The lowest BCUT2D eigenvalue weighted by molar-refractivity contribution is -0.142. The lowest BCUT2D eigenvalue weighted by Gasteiger charge is -2.36. The molecular weight excluding hydrogens is 435 g/mol. The first-order valence-corrected chi connectivity index (χ1v) is 11.6. The smallest absolute Gasteiger partial charge is 0.258 e. The molecule has 4 rings (SSSR count). The van der Waals surface area contributed by atoms with Gasteiger partial charge in [0.25, 0.3) is 5.56 Å². The summed E-state index contributed by atoms with van der Waals surface area (Å²) < 4.78 is 13.2. The minimum atomic E-state index is -0.337. The minimum Gasteiger partial charge on any atom is -0.342 e. The van der Waals surface area contributed by atoms with Crippen LogP contribution in [0.25, 0.3) is 10.9 Å². The van der Waals surface area contributed by atoms with E-state index in [0.29, 0.717) is 36.2 Å². The van der Waals surface area contributed by atoms with Gasteiger partial charge >= 0.3 is 0 Å². The number of aromatic amines is 1. The number of benzene rings is 2. The molecule has 34 heavy (non-hydrogen) atoms. The summed E-state index contributed by atoms with van der Waals surface area (Å²) in [5, 5.41) is 0.510. The van der Waals surface area contributed by atoms with Gasteiger partial charge in [0.1, 0.15) is 11.6 Å². The zero-order valence-corrected chi connectivity index (χ0v) is 19.5. The second-order valence-electron chi connectivity index (χ2n) is 9.07. The van der Waals surface area contributed by atoms with Crippen LogP contribution in [0.1, 0.15) is 38.1 Å². The third kappa shape index (κ3) is 5.32. The van der Waals surface area contributed by atoms with Crippen LogP contribution in [-0.4, -0.2) is 50.7 Å². The van der Waals surface area contributed by atoms with E-state index in [9.17, 15) is 18.8 Å². The number of aromatic nitrogens is 2. The lowest BCUT2D eigenvalue weighted by atomic mass is 9.95. The molecule has 0 aliphatic carbocycles. The van der Waals surface area contributed by atoms with Crippen molar-refractivity contribution in [2.75, 3.05) is 13.1 Å². The molecule has 3 aromatic rings. The minimum absolute atomic E-state index is 0.0508. The highest BCUT2D eigenvalue weighted by molar-refractivity contribution is 5.82. The van der Waals surface area contributed by atoms with Crippen molar-refractivity contribution in [2.24, 2.45) is 5.92 Å². The molecule has 1 atom stereocenters. The molecule has 2 aromatic carbocycles. The molecule has 1 saturated heterocycles. The van der Waals surface area contributed by atoms with Crippen LogP contribution in [0.3, 0.4) is 0 Å². The van der Waals surface area contributed by atoms with Gasteiger partial charge in [-0.15, -0.1) is 0 Å². The normalized spacial score (nSPS) is 16.1. The summed E-state index contributed by atoms with van der Waals surface area (Å²) in [5.41, 5.74) is 1.11. The van der Waals surface area contributed by atoms with Crippen LogP contribution in [0.15, 0.2) is 53.3 Å². The van der Waals surface area contributed by atoms with Crippen molar-refractivity contribution in [3.8, 4) is 0 Å². The highest BCUT2D eigenvalue weighted by atomic mass is 19.1. The summed E-state index contributed by atoms with van der Waals surface area (Å²) in [6.07, 6.45) is 1.62. The number of rotatable bonds is 6. The molecule has 0 radical (unpaired) electrons. The Morgan fingerprint density at radius 3 is 2.65 bits per heavy atom. The van der Waals surface area contributed by atoms with E-state index in [4.69, 9.17) is 0 Å².